The molecule has 80 valence electrons. The second-order valence-corrected chi connectivity index (χ2v) is 4.60. The summed E-state index contributed by atoms with van der Waals surface area (Å²) in [5.74, 6) is 1.56. The van der Waals surface area contributed by atoms with Gasteiger partial charge in [0.15, 0.2) is 5.58 Å². The summed E-state index contributed by atoms with van der Waals surface area (Å²) in [6.07, 6.45) is 0. The van der Waals surface area contributed by atoms with Gasteiger partial charge in [0.05, 0.1) is 7.11 Å². The van der Waals surface area contributed by atoms with Crippen LogP contribution < -0.4 is 4.74 Å². The van der Waals surface area contributed by atoms with E-state index in [1.807, 2.05) is 18.2 Å². The molecule has 1 aromatic carbocycles. The third-order valence-corrected chi connectivity index (χ3v) is 2.24. The fourth-order valence-corrected chi connectivity index (χ4v) is 1.36. The highest BCUT2D eigenvalue weighted by Gasteiger charge is 2.20. The Morgan fingerprint density at radius 1 is 1.27 bits per heavy atom. The number of fused-ring (bicyclic) bond motifs is 1. The van der Waals surface area contributed by atoms with Crippen molar-refractivity contribution in [1.29, 1.82) is 0 Å². The van der Waals surface area contributed by atoms with Gasteiger partial charge in [0.1, 0.15) is 11.3 Å². The number of oxazole rings is 1. The van der Waals surface area contributed by atoms with E-state index in [4.69, 9.17) is 9.15 Å². The molecular formula is C12H15NO2. The highest BCUT2D eigenvalue weighted by molar-refractivity contribution is 5.74. The third kappa shape index (κ3) is 1.82. The molecular weight excluding hydrogens is 190 g/mol. The van der Waals surface area contributed by atoms with Crippen LogP contribution in [0.3, 0.4) is 0 Å². The van der Waals surface area contributed by atoms with Crippen LogP contribution >= 0.6 is 0 Å². The van der Waals surface area contributed by atoms with Gasteiger partial charge in [0.2, 0.25) is 5.89 Å². The Morgan fingerprint density at radius 2 is 2.00 bits per heavy atom. The van der Waals surface area contributed by atoms with Crippen molar-refractivity contribution < 1.29 is 9.15 Å². The maximum Gasteiger partial charge on any atom is 0.200 e. The number of methoxy groups -OCH3 is 1. The molecule has 0 saturated heterocycles. The minimum Gasteiger partial charge on any atom is -0.497 e. The Labute approximate surface area is 89.1 Å². The van der Waals surface area contributed by atoms with E-state index in [1.165, 1.54) is 0 Å². The molecule has 1 heterocycles. The molecule has 3 heteroatoms. The molecule has 3 nitrogen and oxygen atoms in total. The third-order valence-electron chi connectivity index (χ3n) is 2.24. The molecule has 2 aromatic rings. The van der Waals surface area contributed by atoms with Crippen molar-refractivity contribution in [3.8, 4) is 5.75 Å². The van der Waals surface area contributed by atoms with Gasteiger partial charge in [-0.15, -0.1) is 0 Å². The predicted octanol–water partition coefficient (Wildman–Crippen LogP) is 3.13. The van der Waals surface area contributed by atoms with E-state index in [1.54, 1.807) is 7.11 Å². The molecule has 0 aliphatic carbocycles. The molecule has 0 fully saturated rings. The molecule has 0 bridgehead atoms. The number of hydrogen-bond acceptors (Lipinski definition) is 3. The summed E-state index contributed by atoms with van der Waals surface area (Å²) in [6.45, 7) is 6.23. The average molecular weight is 205 g/mol. The summed E-state index contributed by atoms with van der Waals surface area (Å²) in [5, 5.41) is 0. The lowest BCUT2D eigenvalue weighted by Crippen LogP contribution is -2.10. The van der Waals surface area contributed by atoms with Gasteiger partial charge in [-0.2, -0.15) is 0 Å². The Morgan fingerprint density at radius 3 is 2.60 bits per heavy atom. The van der Waals surface area contributed by atoms with Crippen molar-refractivity contribution in [2.24, 2.45) is 0 Å². The van der Waals surface area contributed by atoms with E-state index in [0.717, 1.165) is 22.7 Å². The molecule has 1 aromatic heterocycles. The molecule has 0 radical (unpaired) electrons. The molecule has 0 atom stereocenters. The van der Waals surface area contributed by atoms with Crippen molar-refractivity contribution >= 4 is 11.1 Å². The van der Waals surface area contributed by atoms with Crippen LogP contribution in [-0.4, -0.2) is 12.1 Å². The molecule has 0 amide bonds. The van der Waals surface area contributed by atoms with Crippen molar-refractivity contribution in [3.05, 3.63) is 24.1 Å². The number of ether oxygens (including phenoxy) is 1. The first-order valence-electron chi connectivity index (χ1n) is 4.96. The zero-order valence-corrected chi connectivity index (χ0v) is 9.50. The predicted molar refractivity (Wildman–Crippen MR) is 59.3 cm³/mol. The van der Waals surface area contributed by atoms with Gasteiger partial charge in [-0.05, 0) is 12.1 Å². The number of rotatable bonds is 1. The molecule has 15 heavy (non-hydrogen) atoms. The van der Waals surface area contributed by atoms with Crippen molar-refractivity contribution in [2.75, 3.05) is 7.11 Å². The minimum absolute atomic E-state index is 0.0632. The fourth-order valence-electron chi connectivity index (χ4n) is 1.36. The van der Waals surface area contributed by atoms with E-state index < -0.39 is 0 Å². The minimum atomic E-state index is -0.0632. The van der Waals surface area contributed by atoms with Crippen molar-refractivity contribution in [3.63, 3.8) is 0 Å². The summed E-state index contributed by atoms with van der Waals surface area (Å²) >= 11 is 0. The van der Waals surface area contributed by atoms with Crippen molar-refractivity contribution in [2.45, 2.75) is 26.2 Å². The van der Waals surface area contributed by atoms with E-state index in [-0.39, 0.29) is 5.41 Å². The normalized spacial score (nSPS) is 12.0. The highest BCUT2D eigenvalue weighted by Crippen LogP contribution is 2.27. The maximum absolute atomic E-state index is 5.67. The summed E-state index contributed by atoms with van der Waals surface area (Å²) in [5.41, 5.74) is 1.59. The zero-order valence-electron chi connectivity index (χ0n) is 9.50. The number of hydrogen-bond donors (Lipinski definition) is 0. The smallest absolute Gasteiger partial charge is 0.200 e. The van der Waals surface area contributed by atoms with E-state index in [9.17, 15) is 0 Å². The number of aromatic nitrogens is 1. The second kappa shape index (κ2) is 3.26. The van der Waals surface area contributed by atoms with Gasteiger partial charge in [0, 0.05) is 11.5 Å². The monoisotopic (exact) mass is 205 g/mol. The highest BCUT2D eigenvalue weighted by atomic mass is 16.5. The summed E-state index contributed by atoms with van der Waals surface area (Å²) in [4.78, 5) is 4.45. The molecule has 0 N–H and O–H groups in total. The summed E-state index contributed by atoms with van der Waals surface area (Å²) in [6, 6.07) is 5.64. The molecule has 0 unspecified atom stereocenters. The second-order valence-electron chi connectivity index (χ2n) is 4.60. The number of benzene rings is 1. The maximum atomic E-state index is 5.67. The standard InChI is InChI=1S/C12H15NO2/c1-12(2,3)11-13-9-7-8(14-4)5-6-10(9)15-11/h5-7H,1-4H3. The van der Waals surface area contributed by atoms with Gasteiger partial charge in [0.25, 0.3) is 0 Å². The van der Waals surface area contributed by atoms with Crippen LogP contribution in [0.25, 0.3) is 11.1 Å². The van der Waals surface area contributed by atoms with Gasteiger partial charge < -0.3 is 9.15 Å². The Balaban J connectivity index is 2.56. The van der Waals surface area contributed by atoms with Crippen LogP contribution in [0.5, 0.6) is 5.75 Å². The van der Waals surface area contributed by atoms with Gasteiger partial charge in [-0.25, -0.2) is 4.98 Å². The first-order valence-corrected chi connectivity index (χ1v) is 4.96. The van der Waals surface area contributed by atoms with Crippen LogP contribution in [0.2, 0.25) is 0 Å². The topological polar surface area (TPSA) is 35.3 Å². The molecule has 0 aliphatic heterocycles. The first kappa shape index (κ1) is 10.0. The molecule has 0 spiro atoms. The van der Waals surface area contributed by atoms with Gasteiger partial charge in [-0.3, -0.25) is 0 Å². The molecule has 0 saturated carbocycles. The van der Waals surface area contributed by atoms with Gasteiger partial charge >= 0.3 is 0 Å². The molecule has 0 aliphatic rings. The van der Waals surface area contributed by atoms with E-state index in [2.05, 4.69) is 25.8 Å². The summed E-state index contributed by atoms with van der Waals surface area (Å²) in [7, 11) is 1.64. The average Bonchev–Trinajstić information content (AvgIpc) is 2.59. The Kier molecular flexibility index (Phi) is 2.18. The quantitative estimate of drug-likeness (QED) is 0.717. The fraction of sp³-hybridized carbons (Fsp3) is 0.417. The van der Waals surface area contributed by atoms with Crippen LogP contribution in [0.4, 0.5) is 0 Å². The Hall–Kier alpha value is -1.51. The zero-order chi connectivity index (χ0) is 11.1. The SMILES string of the molecule is COc1ccc2oc(C(C)(C)C)nc2c1. The summed E-state index contributed by atoms with van der Waals surface area (Å²) < 4.78 is 10.8. The van der Waals surface area contributed by atoms with E-state index in [0.29, 0.717) is 0 Å². The van der Waals surface area contributed by atoms with Crippen LogP contribution in [0, 0.1) is 0 Å². The van der Waals surface area contributed by atoms with E-state index >= 15 is 0 Å². The van der Waals surface area contributed by atoms with Crippen LogP contribution in [-0.2, 0) is 5.41 Å². The Bertz CT molecular complexity index is 480. The lowest BCUT2D eigenvalue weighted by Gasteiger charge is -2.11. The lowest BCUT2D eigenvalue weighted by molar-refractivity contribution is 0.410. The largest absolute Gasteiger partial charge is 0.497 e. The van der Waals surface area contributed by atoms with Crippen LogP contribution in [0.1, 0.15) is 26.7 Å². The molecule has 2 rings (SSSR count). The van der Waals surface area contributed by atoms with Crippen molar-refractivity contribution in [1.82, 2.24) is 4.98 Å². The first-order chi connectivity index (χ1) is 7.00. The lowest BCUT2D eigenvalue weighted by atomic mass is 9.97. The van der Waals surface area contributed by atoms with Gasteiger partial charge in [-0.1, -0.05) is 20.8 Å². The van der Waals surface area contributed by atoms with Crippen LogP contribution in [0.15, 0.2) is 22.6 Å². The number of nitrogens with zero attached hydrogens (tertiary/aromatic N) is 1.